The monoisotopic (exact) mass is 788 g/mol. The number of carbonyl (C=O) groups is 2. The number of piperidine rings is 2. The van der Waals surface area contributed by atoms with Crippen LogP contribution in [0.3, 0.4) is 0 Å². The lowest BCUT2D eigenvalue weighted by molar-refractivity contribution is 0.0682. The minimum atomic E-state index is -3.38. The fourth-order valence-corrected chi connectivity index (χ4v) is 7.43. The Kier molecular flexibility index (Phi) is 12.2. The van der Waals surface area contributed by atoms with Crippen LogP contribution in [-0.2, 0) is 4.65 Å². The first-order valence-electron chi connectivity index (χ1n) is 18.5. The summed E-state index contributed by atoms with van der Waals surface area (Å²) in [7, 11) is -3.38. The number of aliphatic hydroxyl groups excluding tert-OH is 2. The zero-order valence-electron chi connectivity index (χ0n) is 30.8. The molecule has 18 heteroatoms. The van der Waals surface area contributed by atoms with Crippen LogP contribution in [0.25, 0.3) is 21.8 Å². The molecule has 2 aromatic heterocycles. The van der Waals surface area contributed by atoms with Crippen molar-refractivity contribution in [2.24, 2.45) is 0 Å². The quantitative estimate of drug-likeness (QED) is 0.151. The van der Waals surface area contributed by atoms with Crippen LogP contribution >= 0.6 is 0 Å². The third-order valence-electron chi connectivity index (χ3n) is 10.4. The van der Waals surface area contributed by atoms with Gasteiger partial charge in [0.1, 0.15) is 16.9 Å². The van der Waals surface area contributed by atoms with Crippen LogP contribution in [0.5, 0.6) is 0 Å². The number of carboxylic acid groups (broad SMARTS) is 1. The van der Waals surface area contributed by atoms with Gasteiger partial charge < -0.3 is 39.3 Å². The van der Waals surface area contributed by atoms with Crippen molar-refractivity contribution in [1.29, 1.82) is 0 Å². The number of benzene rings is 2. The average molecular weight is 789 g/mol. The van der Waals surface area contributed by atoms with Crippen molar-refractivity contribution in [3.8, 4) is 0 Å². The molecule has 2 aliphatic carbocycles. The first-order chi connectivity index (χ1) is 26.6. The second-order valence-electron chi connectivity index (χ2n) is 14.7. The fourth-order valence-electron chi connectivity index (χ4n) is 7.43. The molecule has 4 fully saturated rings. The van der Waals surface area contributed by atoms with Gasteiger partial charge in [0.05, 0.1) is 28.9 Å². The number of anilines is 1. The number of aryl methyl sites for hydroxylation is 2. The van der Waals surface area contributed by atoms with E-state index < -0.39 is 59.4 Å². The maximum absolute atomic E-state index is 14.9. The molecule has 4 N–H and O–H groups in total. The molecule has 4 heterocycles. The van der Waals surface area contributed by atoms with Crippen LogP contribution in [0.2, 0.25) is 0 Å². The Hall–Kier alpha value is -4.81. The molecule has 2 saturated heterocycles. The number of β-amino-alcohol motifs (C(OH)–C–C–N with tert-alkyl or cyclic N) is 2. The minimum Gasteiger partial charge on any atom is -0.477 e. The summed E-state index contributed by atoms with van der Waals surface area (Å²) in [4.78, 5) is 49.8. The number of carboxylic acids is 1. The predicted octanol–water partition coefficient (Wildman–Crippen LogP) is 5.18. The number of hydrogen-bond donors (Lipinski definition) is 4. The summed E-state index contributed by atoms with van der Waals surface area (Å²) < 4.78 is 73.8. The lowest BCUT2D eigenvalue weighted by Crippen LogP contribution is -2.39. The number of fused-ring (bicyclic) bond motifs is 2. The van der Waals surface area contributed by atoms with Crippen LogP contribution in [0.4, 0.5) is 27.5 Å². The number of rotatable bonds is 6. The van der Waals surface area contributed by atoms with E-state index in [1.165, 1.54) is 17.7 Å². The van der Waals surface area contributed by atoms with Crippen molar-refractivity contribution >= 4 is 46.9 Å². The molecule has 4 aliphatic rings. The van der Waals surface area contributed by atoms with E-state index >= 15 is 0 Å². The fraction of sp³-hybridized carbons (Fsp3) is 0.474. The van der Waals surface area contributed by atoms with Gasteiger partial charge in [0.2, 0.25) is 10.9 Å². The number of nitrogens with one attached hydrogen (secondary N) is 1. The first kappa shape index (κ1) is 40.8. The molecule has 0 amide bonds. The first-order valence-corrected chi connectivity index (χ1v) is 18.5. The molecular weight excluding hydrogens is 746 g/mol. The Morgan fingerprint density at radius 3 is 1.86 bits per heavy atom. The van der Waals surface area contributed by atoms with Crippen LogP contribution in [0.1, 0.15) is 95.3 Å². The molecule has 300 valence electrons. The topological polar surface area (TPSA) is 163 Å². The molecule has 2 saturated carbocycles. The number of aromatic nitrogens is 2. The van der Waals surface area contributed by atoms with Crippen molar-refractivity contribution in [2.75, 3.05) is 31.1 Å². The molecule has 2 atom stereocenters. The average Bonchev–Trinajstić information content (AvgIpc) is 4.07. The smallest absolute Gasteiger partial charge is 0.477 e. The second-order valence-corrected chi connectivity index (χ2v) is 14.7. The third kappa shape index (κ3) is 8.61. The highest BCUT2D eigenvalue weighted by Crippen LogP contribution is 2.41. The van der Waals surface area contributed by atoms with E-state index in [1.54, 1.807) is 6.92 Å². The van der Waals surface area contributed by atoms with Crippen molar-refractivity contribution in [2.45, 2.75) is 89.5 Å². The van der Waals surface area contributed by atoms with Gasteiger partial charge in [-0.1, -0.05) is 0 Å². The van der Waals surface area contributed by atoms with Gasteiger partial charge in [-0.3, -0.25) is 9.59 Å². The van der Waals surface area contributed by atoms with Gasteiger partial charge in [-0.2, -0.15) is 0 Å². The molecule has 4 aromatic rings. The highest BCUT2D eigenvalue weighted by molar-refractivity contribution is 6.38. The SMILES string of the molecule is Cc1c(F)c(F)cc2c(=O)c(C(=O)OB(F)F)cn(C3CC3)c12.Cc1c(N2CCCC(O)C2)c(F)cc2c(=O)c(C(=O)O)cn(C3CC3)c12.OC1CCCNC1. The van der Waals surface area contributed by atoms with Crippen molar-refractivity contribution in [1.82, 2.24) is 14.5 Å². The van der Waals surface area contributed by atoms with E-state index in [2.05, 4.69) is 9.97 Å². The minimum absolute atomic E-state index is 0.0715. The molecule has 2 unspecified atom stereocenters. The van der Waals surface area contributed by atoms with E-state index in [1.807, 2.05) is 9.47 Å². The molecular formula is C38H42BF5N4O8. The number of carbonyl (C=O) groups excluding carboxylic acids is 1. The van der Waals surface area contributed by atoms with Gasteiger partial charge in [0.25, 0.3) is 0 Å². The highest BCUT2D eigenvalue weighted by Gasteiger charge is 2.32. The summed E-state index contributed by atoms with van der Waals surface area (Å²) in [5.41, 5.74) is -0.884. The summed E-state index contributed by atoms with van der Waals surface area (Å²) in [5, 5.41) is 31.1. The second kappa shape index (κ2) is 16.7. The standard InChI is InChI=1S/C19H21FN2O4.C14H10BF4NO3.C5H11NO/c1-10-16-13(7-15(20)17(10)21-6-2-3-12(23)8-21)18(24)14(19(25)26)9-22(16)11-4-5-11;1-6-11(17)10(16)4-8-12(6)20(7-2-3-7)5-9(13(8)21)14(22)23-15(18)19;7-5-2-1-3-6-4-5/h7,9,11-12,23H,2-6,8H2,1H3,(H,25,26);4-5,7H,2-3H2,1H3;5-7H,1-4H2. The number of hydrogen-bond acceptors (Lipinski definition) is 9. The van der Waals surface area contributed by atoms with E-state index in [0.717, 1.165) is 70.3 Å². The van der Waals surface area contributed by atoms with Gasteiger partial charge in [-0.25, -0.2) is 31.4 Å². The van der Waals surface area contributed by atoms with E-state index in [9.17, 15) is 51.2 Å². The van der Waals surface area contributed by atoms with Crippen LogP contribution < -0.4 is 21.1 Å². The highest BCUT2D eigenvalue weighted by atomic mass is 19.2. The summed E-state index contributed by atoms with van der Waals surface area (Å²) in [6.45, 7) is 5.94. The molecule has 0 bridgehead atoms. The maximum atomic E-state index is 14.9. The Morgan fingerprint density at radius 2 is 1.36 bits per heavy atom. The van der Waals surface area contributed by atoms with Crippen molar-refractivity contribution < 1.29 is 51.4 Å². The number of pyridine rings is 2. The van der Waals surface area contributed by atoms with E-state index in [0.29, 0.717) is 42.3 Å². The zero-order valence-corrected chi connectivity index (χ0v) is 30.8. The van der Waals surface area contributed by atoms with Crippen LogP contribution in [0, 0.1) is 31.3 Å². The summed E-state index contributed by atoms with van der Waals surface area (Å²) >= 11 is 0. The van der Waals surface area contributed by atoms with Gasteiger partial charge in [0, 0.05) is 60.4 Å². The Balaban J connectivity index is 0.000000163. The number of nitrogens with zero attached hydrogens (tertiary/aromatic N) is 3. The van der Waals surface area contributed by atoms with E-state index in [-0.39, 0.29) is 45.6 Å². The zero-order chi connectivity index (χ0) is 40.6. The lowest BCUT2D eigenvalue weighted by Gasteiger charge is -2.33. The normalized spacial score (nSPS) is 19.5. The Bertz CT molecular complexity index is 2290. The third-order valence-corrected chi connectivity index (χ3v) is 10.4. The van der Waals surface area contributed by atoms with Crippen molar-refractivity contribution in [3.05, 3.63) is 84.7 Å². The maximum Gasteiger partial charge on any atom is 0.798 e. The molecule has 2 aromatic carbocycles. The molecule has 56 heavy (non-hydrogen) atoms. The predicted molar refractivity (Wildman–Crippen MR) is 198 cm³/mol. The molecule has 2 aliphatic heterocycles. The van der Waals surface area contributed by atoms with Crippen LogP contribution in [0.15, 0.2) is 34.1 Å². The Morgan fingerprint density at radius 1 is 0.804 bits per heavy atom. The molecule has 8 rings (SSSR count). The van der Waals surface area contributed by atoms with Crippen LogP contribution in [-0.4, -0.2) is 82.2 Å². The molecule has 0 spiro atoms. The number of aliphatic hydroxyl groups is 2. The van der Waals surface area contributed by atoms with Gasteiger partial charge in [-0.15, -0.1) is 0 Å². The number of halogens is 5. The van der Waals surface area contributed by atoms with Gasteiger partial charge in [0.15, 0.2) is 11.6 Å². The van der Waals surface area contributed by atoms with Gasteiger partial charge in [-0.05, 0) is 89.5 Å². The molecule has 12 nitrogen and oxygen atoms in total. The summed E-state index contributed by atoms with van der Waals surface area (Å²) in [5.74, 6) is -5.68. The largest absolute Gasteiger partial charge is 0.798 e. The van der Waals surface area contributed by atoms with E-state index in [4.69, 9.17) is 5.11 Å². The lowest BCUT2D eigenvalue weighted by atomic mass is 10.0. The Labute approximate surface area is 317 Å². The number of aromatic carboxylic acids is 1. The summed E-state index contributed by atoms with van der Waals surface area (Å²) in [6, 6.07) is 1.88. The van der Waals surface area contributed by atoms with Crippen molar-refractivity contribution in [3.63, 3.8) is 0 Å². The summed E-state index contributed by atoms with van der Waals surface area (Å²) in [6.07, 6.45) is 8.73. The van der Waals surface area contributed by atoms with Gasteiger partial charge >= 0.3 is 19.4 Å². The molecule has 0 radical (unpaired) electrons.